The quantitative estimate of drug-likeness (QED) is 0.326. The van der Waals surface area contributed by atoms with E-state index in [9.17, 15) is 14.9 Å². The molecule has 2 amide bonds. The number of nitriles is 1. The number of nitrogens with one attached hydrogen (secondary N) is 3. The van der Waals surface area contributed by atoms with E-state index in [1.54, 1.807) is 43.3 Å². The summed E-state index contributed by atoms with van der Waals surface area (Å²) in [4.78, 5) is 25.9. The third-order valence-corrected chi connectivity index (χ3v) is 6.87. The first kappa shape index (κ1) is 25.5. The number of thioether (sulfide) groups is 1. The van der Waals surface area contributed by atoms with Crippen molar-refractivity contribution in [2.45, 2.75) is 12.8 Å². The van der Waals surface area contributed by atoms with Crippen LogP contribution in [0.25, 0.3) is 0 Å². The van der Waals surface area contributed by atoms with Crippen molar-refractivity contribution in [1.82, 2.24) is 5.32 Å². The van der Waals surface area contributed by atoms with Crippen molar-refractivity contribution in [3.05, 3.63) is 105 Å². The second-order valence-electron chi connectivity index (χ2n) is 7.75. The number of carbonyl (C=O) groups excluding carboxylic acids is 2. The Kier molecular flexibility index (Phi) is 8.06. The van der Waals surface area contributed by atoms with Gasteiger partial charge in [-0.05, 0) is 49.4 Å². The molecule has 0 bridgehead atoms. The molecule has 0 unspecified atom stereocenters. The summed E-state index contributed by atoms with van der Waals surface area (Å²) in [5.74, 6) is -0.981. The van der Waals surface area contributed by atoms with E-state index in [4.69, 9.17) is 27.6 Å². The summed E-state index contributed by atoms with van der Waals surface area (Å²) in [5, 5.41) is 20.0. The first-order chi connectivity index (χ1) is 17.4. The molecule has 2 heterocycles. The molecule has 0 aliphatic carbocycles. The van der Waals surface area contributed by atoms with Gasteiger partial charge in [-0.15, -0.1) is 0 Å². The standard InChI is InChI=1S/C26H20Cl2N4O3S/c1-15-23(25(34)32-20-10-9-16(27)12-19(20)28)24(21-8-5-11-35-21)18(13-29)26(30-15)36-14-22(33)31-17-6-3-2-4-7-17/h2-12,24,30H,14H2,1H3,(H,31,33)(H,32,34)/t24-/m1/s1. The highest BCUT2D eigenvalue weighted by molar-refractivity contribution is 8.03. The van der Waals surface area contributed by atoms with Gasteiger partial charge < -0.3 is 20.4 Å². The Bertz CT molecular complexity index is 1400. The van der Waals surface area contributed by atoms with E-state index in [0.717, 1.165) is 0 Å². The summed E-state index contributed by atoms with van der Waals surface area (Å²) in [5.41, 5.74) is 2.14. The summed E-state index contributed by atoms with van der Waals surface area (Å²) in [6.07, 6.45) is 1.48. The van der Waals surface area contributed by atoms with Gasteiger partial charge in [0, 0.05) is 16.4 Å². The van der Waals surface area contributed by atoms with Crippen molar-refractivity contribution in [2.75, 3.05) is 16.4 Å². The fourth-order valence-electron chi connectivity index (χ4n) is 3.70. The lowest BCUT2D eigenvalue weighted by Crippen LogP contribution is -2.31. The van der Waals surface area contributed by atoms with Gasteiger partial charge >= 0.3 is 0 Å². The van der Waals surface area contributed by atoms with Crippen molar-refractivity contribution in [3.63, 3.8) is 0 Å². The third-order valence-electron chi connectivity index (χ3n) is 5.30. The number of allylic oxidation sites excluding steroid dienone is 2. The third kappa shape index (κ3) is 5.77. The van der Waals surface area contributed by atoms with E-state index in [-0.39, 0.29) is 22.3 Å². The van der Waals surface area contributed by atoms with Gasteiger partial charge in [0.05, 0.1) is 50.9 Å². The molecular weight excluding hydrogens is 519 g/mol. The van der Waals surface area contributed by atoms with Gasteiger partial charge in [0.2, 0.25) is 5.91 Å². The van der Waals surface area contributed by atoms with E-state index in [1.807, 2.05) is 18.2 Å². The molecule has 0 radical (unpaired) electrons. The number of hydrogen-bond donors (Lipinski definition) is 3. The molecular formula is C26H20Cl2N4O3S. The number of carbonyl (C=O) groups is 2. The SMILES string of the molecule is CC1=C(C(=O)Nc2ccc(Cl)cc2Cl)[C@@H](c2ccco2)C(C#N)=C(SCC(=O)Nc2ccccc2)N1. The Morgan fingerprint density at radius 2 is 1.89 bits per heavy atom. The monoisotopic (exact) mass is 538 g/mol. The summed E-state index contributed by atoms with van der Waals surface area (Å²) in [7, 11) is 0. The molecule has 1 aliphatic heterocycles. The first-order valence-corrected chi connectivity index (χ1v) is 12.5. The molecule has 2 aromatic carbocycles. The molecule has 0 fully saturated rings. The molecule has 36 heavy (non-hydrogen) atoms. The molecule has 1 aromatic heterocycles. The van der Waals surface area contributed by atoms with Gasteiger partial charge in [0.15, 0.2) is 0 Å². The Balaban J connectivity index is 1.60. The summed E-state index contributed by atoms with van der Waals surface area (Å²) < 4.78 is 5.62. The minimum atomic E-state index is -0.781. The summed E-state index contributed by atoms with van der Waals surface area (Å²) in [6.45, 7) is 1.73. The summed E-state index contributed by atoms with van der Waals surface area (Å²) in [6, 6.07) is 19.4. The number of halogens is 2. The molecule has 3 N–H and O–H groups in total. The fraction of sp³-hybridized carbons (Fsp3) is 0.115. The van der Waals surface area contributed by atoms with Crippen molar-refractivity contribution in [3.8, 4) is 6.07 Å². The lowest BCUT2D eigenvalue weighted by atomic mass is 9.85. The zero-order chi connectivity index (χ0) is 25.7. The molecule has 1 atom stereocenters. The molecule has 1 aliphatic rings. The minimum absolute atomic E-state index is 0.0580. The predicted molar refractivity (Wildman–Crippen MR) is 143 cm³/mol. The molecule has 7 nitrogen and oxygen atoms in total. The van der Waals surface area contributed by atoms with Crippen LogP contribution in [-0.2, 0) is 9.59 Å². The second kappa shape index (κ2) is 11.4. The van der Waals surface area contributed by atoms with Crippen LogP contribution in [0.1, 0.15) is 18.6 Å². The molecule has 0 saturated carbocycles. The van der Waals surface area contributed by atoms with E-state index in [0.29, 0.717) is 38.5 Å². The maximum atomic E-state index is 13.4. The smallest absolute Gasteiger partial charge is 0.254 e. The van der Waals surface area contributed by atoms with Gasteiger partial charge in [-0.3, -0.25) is 9.59 Å². The van der Waals surface area contributed by atoms with Gasteiger partial charge in [-0.1, -0.05) is 53.2 Å². The van der Waals surface area contributed by atoms with Crippen LogP contribution in [-0.4, -0.2) is 17.6 Å². The zero-order valence-electron chi connectivity index (χ0n) is 19.0. The fourth-order valence-corrected chi connectivity index (χ4v) is 5.05. The highest BCUT2D eigenvalue weighted by atomic mass is 35.5. The van der Waals surface area contributed by atoms with E-state index >= 15 is 0 Å². The molecule has 4 rings (SSSR count). The molecule has 0 spiro atoms. The number of anilines is 2. The molecule has 0 saturated heterocycles. The van der Waals surface area contributed by atoms with Crippen molar-refractivity contribution in [1.29, 1.82) is 5.26 Å². The maximum absolute atomic E-state index is 13.4. The second-order valence-corrected chi connectivity index (χ2v) is 9.58. The number of para-hydroxylation sites is 1. The van der Waals surface area contributed by atoms with Crippen LogP contribution >= 0.6 is 35.0 Å². The van der Waals surface area contributed by atoms with Gasteiger partial charge in [-0.2, -0.15) is 5.26 Å². The molecule has 182 valence electrons. The number of benzene rings is 2. The molecule has 10 heteroatoms. The van der Waals surface area contributed by atoms with E-state index in [1.165, 1.54) is 24.1 Å². The van der Waals surface area contributed by atoms with Crippen LogP contribution in [0.5, 0.6) is 0 Å². The normalized spacial score (nSPS) is 15.2. The maximum Gasteiger partial charge on any atom is 0.254 e. The number of amides is 2. The van der Waals surface area contributed by atoms with Gasteiger partial charge in [0.1, 0.15) is 5.76 Å². The molecule has 3 aromatic rings. The van der Waals surface area contributed by atoms with Crippen molar-refractivity contribution >= 4 is 58.2 Å². The van der Waals surface area contributed by atoms with Crippen LogP contribution < -0.4 is 16.0 Å². The summed E-state index contributed by atoms with van der Waals surface area (Å²) >= 11 is 13.4. The number of rotatable bonds is 7. The van der Waals surface area contributed by atoms with Crippen molar-refractivity contribution in [2.24, 2.45) is 0 Å². The average Bonchev–Trinajstić information content (AvgIpc) is 3.39. The van der Waals surface area contributed by atoms with Gasteiger partial charge in [0.25, 0.3) is 5.91 Å². The number of nitrogens with zero attached hydrogens (tertiary/aromatic N) is 1. The largest absolute Gasteiger partial charge is 0.468 e. The predicted octanol–water partition coefficient (Wildman–Crippen LogP) is 6.29. The highest BCUT2D eigenvalue weighted by Crippen LogP contribution is 2.41. The Labute approximate surface area is 222 Å². The lowest BCUT2D eigenvalue weighted by molar-refractivity contribution is -0.114. The van der Waals surface area contributed by atoms with E-state index < -0.39 is 11.8 Å². The Hall–Kier alpha value is -3.64. The number of hydrogen-bond acceptors (Lipinski definition) is 6. The number of dihydropyridines is 1. The van der Waals surface area contributed by atoms with Crippen LogP contribution in [0.2, 0.25) is 10.0 Å². The highest BCUT2D eigenvalue weighted by Gasteiger charge is 2.36. The number of furan rings is 1. The van der Waals surface area contributed by atoms with Crippen LogP contribution in [0, 0.1) is 11.3 Å². The average molecular weight is 539 g/mol. The lowest BCUT2D eigenvalue weighted by Gasteiger charge is -2.28. The topological polar surface area (TPSA) is 107 Å². The van der Waals surface area contributed by atoms with Crippen LogP contribution in [0.15, 0.2) is 93.2 Å². The van der Waals surface area contributed by atoms with Crippen molar-refractivity contribution < 1.29 is 14.0 Å². The Morgan fingerprint density at radius 3 is 2.56 bits per heavy atom. The van der Waals surface area contributed by atoms with Gasteiger partial charge in [-0.25, -0.2) is 0 Å². The Morgan fingerprint density at radius 1 is 1.11 bits per heavy atom. The van der Waals surface area contributed by atoms with Crippen LogP contribution in [0.4, 0.5) is 11.4 Å². The van der Waals surface area contributed by atoms with E-state index in [2.05, 4.69) is 22.0 Å². The first-order valence-electron chi connectivity index (χ1n) is 10.8. The minimum Gasteiger partial charge on any atom is -0.468 e. The van der Waals surface area contributed by atoms with Crippen LogP contribution in [0.3, 0.4) is 0 Å². The zero-order valence-corrected chi connectivity index (χ0v) is 21.3.